The van der Waals surface area contributed by atoms with Gasteiger partial charge in [-0.25, -0.2) is 13.4 Å². The lowest BCUT2D eigenvalue weighted by atomic mass is 10.3. The number of H-pyrrole nitrogens is 1. The molecule has 0 saturated carbocycles. The highest BCUT2D eigenvalue weighted by Crippen LogP contribution is 2.23. The number of nitrogen functional groups attached to an aromatic ring is 1. The first-order valence-electron chi connectivity index (χ1n) is 5.97. The van der Waals surface area contributed by atoms with Gasteiger partial charge in [0.05, 0.1) is 17.8 Å². The van der Waals surface area contributed by atoms with Gasteiger partial charge in [-0.05, 0) is 6.42 Å². The number of hydrogen-bond acceptors (Lipinski definition) is 7. The maximum atomic E-state index is 11.6. The monoisotopic (exact) mass is 282 g/mol. The van der Waals surface area contributed by atoms with E-state index in [1.807, 2.05) is 4.90 Å². The first-order valence-corrected chi connectivity index (χ1v) is 7.79. The minimum absolute atomic E-state index is 0.131. The Bertz CT molecular complexity index is 710. The van der Waals surface area contributed by atoms with Gasteiger partial charge >= 0.3 is 0 Å². The molecule has 102 valence electrons. The quantitative estimate of drug-likeness (QED) is 0.728. The summed E-state index contributed by atoms with van der Waals surface area (Å²) in [6, 6.07) is 0. The lowest BCUT2D eigenvalue weighted by Gasteiger charge is -2.21. The Morgan fingerprint density at radius 2 is 2.11 bits per heavy atom. The minimum Gasteiger partial charge on any atom is -0.368 e. The molecule has 9 heteroatoms. The zero-order valence-corrected chi connectivity index (χ0v) is 11.0. The molecule has 0 radical (unpaired) electrons. The number of anilines is 2. The normalized spacial score (nSPS) is 19.5. The van der Waals surface area contributed by atoms with E-state index < -0.39 is 9.84 Å². The third-order valence-corrected chi connectivity index (χ3v) is 4.85. The number of nitrogens with two attached hydrogens (primary N) is 1. The van der Waals surface area contributed by atoms with E-state index >= 15 is 0 Å². The SMILES string of the molecule is Nc1nc(N2CCCS(=O)(=O)CC2)c2[nH]cnc2n1. The van der Waals surface area contributed by atoms with Crippen LogP contribution in [0.2, 0.25) is 0 Å². The van der Waals surface area contributed by atoms with Crippen molar-refractivity contribution in [2.45, 2.75) is 6.42 Å². The van der Waals surface area contributed by atoms with Crippen LogP contribution >= 0.6 is 0 Å². The van der Waals surface area contributed by atoms with E-state index in [9.17, 15) is 8.42 Å². The number of aromatic amines is 1. The van der Waals surface area contributed by atoms with Gasteiger partial charge in [0, 0.05) is 13.1 Å². The van der Waals surface area contributed by atoms with Crippen LogP contribution in [0.4, 0.5) is 11.8 Å². The van der Waals surface area contributed by atoms with Crippen molar-refractivity contribution in [3.63, 3.8) is 0 Å². The van der Waals surface area contributed by atoms with Gasteiger partial charge in [-0.1, -0.05) is 0 Å². The number of fused-ring (bicyclic) bond motifs is 1. The van der Waals surface area contributed by atoms with Crippen molar-refractivity contribution in [2.75, 3.05) is 35.2 Å². The molecule has 3 heterocycles. The molecular weight excluding hydrogens is 268 g/mol. The fourth-order valence-electron chi connectivity index (χ4n) is 2.21. The van der Waals surface area contributed by atoms with Crippen LogP contribution in [0.25, 0.3) is 11.2 Å². The molecule has 0 atom stereocenters. The van der Waals surface area contributed by atoms with E-state index in [0.29, 0.717) is 36.5 Å². The Balaban J connectivity index is 2.02. The zero-order valence-electron chi connectivity index (χ0n) is 10.2. The highest BCUT2D eigenvalue weighted by molar-refractivity contribution is 7.91. The first-order chi connectivity index (χ1) is 9.05. The Morgan fingerprint density at radius 1 is 1.26 bits per heavy atom. The Hall–Kier alpha value is -1.90. The average molecular weight is 282 g/mol. The molecule has 2 aromatic heterocycles. The standard InChI is InChI=1S/C10H14N6O2S/c11-10-14-8-7(12-6-13-8)9(15-10)16-2-1-4-19(17,18)5-3-16/h6H,1-5H2,(H3,11,12,13,14,15). The van der Waals surface area contributed by atoms with Gasteiger partial charge in [0.2, 0.25) is 5.95 Å². The number of sulfone groups is 1. The number of nitrogens with one attached hydrogen (secondary N) is 1. The lowest BCUT2D eigenvalue weighted by molar-refractivity contribution is 0.597. The van der Waals surface area contributed by atoms with Crippen molar-refractivity contribution in [3.8, 4) is 0 Å². The number of rotatable bonds is 1. The van der Waals surface area contributed by atoms with Crippen molar-refractivity contribution in [3.05, 3.63) is 6.33 Å². The van der Waals surface area contributed by atoms with Crippen molar-refractivity contribution in [1.82, 2.24) is 19.9 Å². The second-order valence-corrected chi connectivity index (χ2v) is 6.80. The summed E-state index contributed by atoms with van der Waals surface area (Å²) in [4.78, 5) is 17.2. The molecule has 1 aliphatic heterocycles. The topological polar surface area (TPSA) is 118 Å². The Labute approximate surface area is 110 Å². The summed E-state index contributed by atoms with van der Waals surface area (Å²) >= 11 is 0. The van der Waals surface area contributed by atoms with Crippen LogP contribution in [-0.4, -0.2) is 52.9 Å². The highest BCUT2D eigenvalue weighted by Gasteiger charge is 2.22. The molecule has 1 fully saturated rings. The molecule has 3 rings (SSSR count). The minimum atomic E-state index is -2.95. The predicted molar refractivity (Wildman–Crippen MR) is 71.6 cm³/mol. The highest BCUT2D eigenvalue weighted by atomic mass is 32.2. The van der Waals surface area contributed by atoms with Gasteiger partial charge < -0.3 is 15.6 Å². The van der Waals surface area contributed by atoms with E-state index in [4.69, 9.17) is 5.73 Å². The van der Waals surface area contributed by atoms with Gasteiger partial charge in [-0.2, -0.15) is 9.97 Å². The molecule has 2 aromatic rings. The summed E-state index contributed by atoms with van der Waals surface area (Å²) < 4.78 is 23.2. The van der Waals surface area contributed by atoms with Crippen molar-refractivity contribution in [2.24, 2.45) is 0 Å². The van der Waals surface area contributed by atoms with Crippen LogP contribution < -0.4 is 10.6 Å². The largest absolute Gasteiger partial charge is 0.368 e. The molecule has 0 aromatic carbocycles. The summed E-state index contributed by atoms with van der Waals surface area (Å²) in [5, 5.41) is 0. The van der Waals surface area contributed by atoms with Crippen molar-refractivity contribution < 1.29 is 8.42 Å². The van der Waals surface area contributed by atoms with E-state index in [-0.39, 0.29) is 17.5 Å². The second kappa shape index (κ2) is 4.34. The molecule has 8 nitrogen and oxygen atoms in total. The third kappa shape index (κ3) is 2.33. The van der Waals surface area contributed by atoms with Crippen LogP contribution in [0.3, 0.4) is 0 Å². The van der Waals surface area contributed by atoms with Gasteiger partial charge in [-0.15, -0.1) is 0 Å². The molecule has 1 saturated heterocycles. The smallest absolute Gasteiger partial charge is 0.224 e. The summed E-state index contributed by atoms with van der Waals surface area (Å²) in [7, 11) is -2.95. The van der Waals surface area contributed by atoms with Gasteiger partial charge in [0.25, 0.3) is 0 Å². The maximum absolute atomic E-state index is 11.6. The number of nitrogens with zero attached hydrogens (tertiary/aromatic N) is 4. The average Bonchev–Trinajstić information content (AvgIpc) is 2.72. The molecule has 0 unspecified atom stereocenters. The maximum Gasteiger partial charge on any atom is 0.224 e. The fourth-order valence-corrected chi connectivity index (χ4v) is 3.48. The van der Waals surface area contributed by atoms with Crippen LogP contribution in [0.5, 0.6) is 0 Å². The van der Waals surface area contributed by atoms with E-state index in [0.717, 1.165) is 0 Å². The third-order valence-electron chi connectivity index (χ3n) is 3.14. The second-order valence-electron chi connectivity index (χ2n) is 4.50. The molecule has 0 amide bonds. The predicted octanol–water partition coefficient (Wildman–Crippen LogP) is -0.440. The Morgan fingerprint density at radius 3 is 2.95 bits per heavy atom. The molecular formula is C10H14N6O2S. The summed E-state index contributed by atoms with van der Waals surface area (Å²) in [6.07, 6.45) is 2.11. The number of hydrogen-bond donors (Lipinski definition) is 2. The number of aromatic nitrogens is 4. The first kappa shape index (κ1) is 12.2. The molecule has 0 spiro atoms. The number of imidazole rings is 1. The zero-order chi connectivity index (χ0) is 13.5. The van der Waals surface area contributed by atoms with Crippen LogP contribution in [0.15, 0.2) is 6.33 Å². The van der Waals surface area contributed by atoms with Gasteiger partial charge in [0.1, 0.15) is 5.52 Å². The molecule has 0 bridgehead atoms. The lowest BCUT2D eigenvalue weighted by Crippen LogP contribution is -2.28. The Kier molecular flexibility index (Phi) is 2.77. The summed E-state index contributed by atoms with van der Waals surface area (Å²) in [5.41, 5.74) is 6.85. The van der Waals surface area contributed by atoms with Crippen molar-refractivity contribution in [1.29, 1.82) is 0 Å². The van der Waals surface area contributed by atoms with Crippen molar-refractivity contribution >= 4 is 32.8 Å². The van der Waals surface area contributed by atoms with Gasteiger partial charge in [-0.3, -0.25) is 0 Å². The molecule has 0 aliphatic carbocycles. The van der Waals surface area contributed by atoms with E-state index in [1.54, 1.807) is 0 Å². The van der Waals surface area contributed by atoms with Crippen LogP contribution in [0.1, 0.15) is 6.42 Å². The molecule has 1 aliphatic rings. The van der Waals surface area contributed by atoms with E-state index in [1.165, 1.54) is 6.33 Å². The van der Waals surface area contributed by atoms with Crippen LogP contribution in [-0.2, 0) is 9.84 Å². The van der Waals surface area contributed by atoms with Crippen LogP contribution in [0, 0.1) is 0 Å². The molecule has 3 N–H and O–H groups in total. The fraction of sp³-hybridized carbons (Fsp3) is 0.500. The molecule has 19 heavy (non-hydrogen) atoms. The van der Waals surface area contributed by atoms with Gasteiger partial charge in [0.15, 0.2) is 21.3 Å². The summed E-state index contributed by atoms with van der Waals surface area (Å²) in [6.45, 7) is 1.04. The van der Waals surface area contributed by atoms with E-state index in [2.05, 4.69) is 19.9 Å². The summed E-state index contributed by atoms with van der Waals surface area (Å²) in [5.74, 6) is 1.11.